The number of benzene rings is 2. The highest BCUT2D eigenvalue weighted by Crippen LogP contribution is 2.29. The Morgan fingerprint density at radius 3 is 2.10 bits per heavy atom. The molecule has 3 aromatic rings. The first kappa shape index (κ1) is 21.7. The largest absolute Gasteiger partial charge is 0.497 e. The van der Waals surface area contributed by atoms with Gasteiger partial charge in [-0.05, 0) is 60.0 Å². The van der Waals surface area contributed by atoms with E-state index in [0.717, 1.165) is 21.3 Å². The van der Waals surface area contributed by atoms with Gasteiger partial charge in [0, 0.05) is 32.5 Å². The van der Waals surface area contributed by atoms with Crippen LogP contribution < -0.4 is 19.3 Å². The number of nitrogens with one attached hydrogen (secondary N) is 1. The summed E-state index contributed by atoms with van der Waals surface area (Å²) in [5.74, 6) is 0.157. The van der Waals surface area contributed by atoms with Crippen molar-refractivity contribution in [1.29, 1.82) is 0 Å². The van der Waals surface area contributed by atoms with E-state index in [4.69, 9.17) is 4.74 Å². The SMILES string of the molecule is COc1ccc(N(C)S(=O)(=O)c2ccsc2C(=O)Nc2ccc(N(C)C)cc2)cc1. The monoisotopic (exact) mass is 445 g/mol. The van der Waals surface area contributed by atoms with E-state index in [2.05, 4.69) is 5.32 Å². The molecule has 1 N–H and O–H groups in total. The maximum atomic E-state index is 13.2. The second-order valence-electron chi connectivity index (χ2n) is 6.68. The number of ether oxygens (including phenoxy) is 1. The van der Waals surface area contributed by atoms with Gasteiger partial charge in [0.25, 0.3) is 15.9 Å². The lowest BCUT2D eigenvalue weighted by atomic mass is 10.2. The third-order valence-electron chi connectivity index (χ3n) is 4.55. The fourth-order valence-electron chi connectivity index (χ4n) is 2.78. The predicted octanol–water partition coefficient (Wildman–Crippen LogP) is 3.90. The standard InChI is InChI=1S/C21H23N3O4S2/c1-23(2)16-7-5-15(6-8-16)22-21(25)20-19(13-14-29-20)30(26,27)24(3)17-9-11-18(28-4)12-10-17/h5-14H,1-4H3,(H,22,25). The molecule has 0 spiro atoms. The van der Waals surface area contributed by atoms with Crippen molar-refractivity contribution < 1.29 is 17.9 Å². The third-order valence-corrected chi connectivity index (χ3v) is 7.42. The zero-order valence-corrected chi connectivity index (χ0v) is 18.8. The van der Waals surface area contributed by atoms with E-state index in [-0.39, 0.29) is 9.77 Å². The number of carbonyl (C=O) groups excluding carboxylic acids is 1. The van der Waals surface area contributed by atoms with Gasteiger partial charge in [0.2, 0.25) is 0 Å². The van der Waals surface area contributed by atoms with Gasteiger partial charge < -0.3 is 15.0 Å². The van der Waals surface area contributed by atoms with Crippen LogP contribution in [0.15, 0.2) is 64.9 Å². The summed E-state index contributed by atoms with van der Waals surface area (Å²) < 4.78 is 32.6. The molecule has 0 unspecified atom stereocenters. The van der Waals surface area contributed by atoms with Crippen molar-refractivity contribution in [3.05, 3.63) is 64.9 Å². The lowest BCUT2D eigenvalue weighted by Gasteiger charge is -2.20. The Labute approximate surface area is 180 Å². The van der Waals surface area contributed by atoms with Crippen molar-refractivity contribution in [2.45, 2.75) is 4.90 Å². The molecule has 0 fully saturated rings. The van der Waals surface area contributed by atoms with E-state index in [0.29, 0.717) is 17.1 Å². The molecule has 0 aliphatic rings. The van der Waals surface area contributed by atoms with Crippen LogP contribution in [0.5, 0.6) is 5.75 Å². The fourth-order valence-corrected chi connectivity index (χ4v) is 5.27. The van der Waals surface area contributed by atoms with Crippen molar-refractivity contribution in [3.63, 3.8) is 0 Å². The summed E-state index contributed by atoms with van der Waals surface area (Å²) >= 11 is 1.08. The van der Waals surface area contributed by atoms with Crippen LogP contribution in [0, 0.1) is 0 Å². The zero-order chi connectivity index (χ0) is 21.9. The summed E-state index contributed by atoms with van der Waals surface area (Å²) in [7, 11) is 2.93. The number of anilines is 3. The van der Waals surface area contributed by atoms with Gasteiger partial charge >= 0.3 is 0 Å². The van der Waals surface area contributed by atoms with Crippen molar-refractivity contribution in [2.24, 2.45) is 0 Å². The summed E-state index contributed by atoms with van der Waals surface area (Å²) in [5.41, 5.74) is 2.05. The molecule has 1 heterocycles. The van der Waals surface area contributed by atoms with Crippen LogP contribution in [-0.4, -0.2) is 42.6 Å². The molecule has 158 valence electrons. The number of nitrogens with zero attached hydrogens (tertiary/aromatic N) is 2. The number of carbonyl (C=O) groups is 1. The molecule has 0 saturated carbocycles. The Morgan fingerprint density at radius 2 is 1.53 bits per heavy atom. The zero-order valence-electron chi connectivity index (χ0n) is 17.1. The minimum absolute atomic E-state index is 0.0340. The van der Waals surface area contributed by atoms with Crippen LogP contribution in [0.3, 0.4) is 0 Å². The van der Waals surface area contributed by atoms with Crippen molar-refractivity contribution in [2.75, 3.05) is 42.8 Å². The normalized spacial score (nSPS) is 11.1. The van der Waals surface area contributed by atoms with Crippen molar-refractivity contribution >= 4 is 44.3 Å². The molecule has 0 saturated heterocycles. The van der Waals surface area contributed by atoms with Crippen LogP contribution >= 0.6 is 11.3 Å². The van der Waals surface area contributed by atoms with E-state index >= 15 is 0 Å². The van der Waals surface area contributed by atoms with Crippen molar-refractivity contribution in [3.8, 4) is 5.75 Å². The average molecular weight is 446 g/mol. The highest BCUT2D eigenvalue weighted by molar-refractivity contribution is 7.93. The maximum absolute atomic E-state index is 13.2. The summed E-state index contributed by atoms with van der Waals surface area (Å²) in [6.07, 6.45) is 0. The fraction of sp³-hybridized carbons (Fsp3) is 0.190. The molecule has 1 aromatic heterocycles. The molecule has 0 radical (unpaired) electrons. The van der Waals surface area contributed by atoms with Gasteiger partial charge in [-0.25, -0.2) is 8.42 Å². The lowest BCUT2D eigenvalue weighted by Crippen LogP contribution is -2.28. The predicted molar refractivity (Wildman–Crippen MR) is 122 cm³/mol. The van der Waals surface area contributed by atoms with Gasteiger partial charge in [-0.15, -0.1) is 11.3 Å². The van der Waals surface area contributed by atoms with Gasteiger partial charge in [0.15, 0.2) is 0 Å². The van der Waals surface area contributed by atoms with Gasteiger partial charge in [0.05, 0.1) is 12.8 Å². The minimum Gasteiger partial charge on any atom is -0.497 e. The Morgan fingerprint density at radius 1 is 0.933 bits per heavy atom. The number of amides is 1. The first-order chi connectivity index (χ1) is 14.2. The molecule has 30 heavy (non-hydrogen) atoms. The van der Waals surface area contributed by atoms with Crippen LogP contribution in [-0.2, 0) is 10.0 Å². The smallest absolute Gasteiger partial charge is 0.267 e. The van der Waals surface area contributed by atoms with E-state index in [1.807, 2.05) is 31.1 Å². The molecule has 0 aliphatic heterocycles. The molecule has 3 rings (SSSR count). The number of hydrogen-bond acceptors (Lipinski definition) is 6. The van der Waals surface area contributed by atoms with E-state index in [9.17, 15) is 13.2 Å². The van der Waals surface area contributed by atoms with E-state index < -0.39 is 15.9 Å². The summed E-state index contributed by atoms with van der Waals surface area (Å²) in [4.78, 5) is 14.8. The number of sulfonamides is 1. The van der Waals surface area contributed by atoms with Crippen LogP contribution in [0.25, 0.3) is 0 Å². The molecule has 1 amide bonds. The van der Waals surface area contributed by atoms with Gasteiger partial charge in [0.1, 0.15) is 15.5 Å². The van der Waals surface area contributed by atoms with E-state index in [1.54, 1.807) is 48.9 Å². The molecular weight excluding hydrogens is 422 g/mol. The minimum atomic E-state index is -3.92. The van der Waals surface area contributed by atoms with Crippen LogP contribution in [0.1, 0.15) is 9.67 Å². The second kappa shape index (κ2) is 8.76. The third kappa shape index (κ3) is 4.42. The Hall–Kier alpha value is -3.04. The molecule has 0 aliphatic carbocycles. The maximum Gasteiger partial charge on any atom is 0.267 e. The van der Waals surface area contributed by atoms with Crippen molar-refractivity contribution in [1.82, 2.24) is 0 Å². The van der Waals surface area contributed by atoms with Crippen LogP contribution in [0.4, 0.5) is 17.1 Å². The summed E-state index contributed by atoms with van der Waals surface area (Å²) in [5, 5.41) is 4.37. The lowest BCUT2D eigenvalue weighted by molar-refractivity contribution is 0.102. The van der Waals surface area contributed by atoms with E-state index in [1.165, 1.54) is 13.1 Å². The molecule has 0 atom stereocenters. The van der Waals surface area contributed by atoms with Crippen LogP contribution in [0.2, 0.25) is 0 Å². The highest BCUT2D eigenvalue weighted by atomic mass is 32.2. The first-order valence-electron chi connectivity index (χ1n) is 9.03. The Kier molecular flexibility index (Phi) is 6.33. The average Bonchev–Trinajstić information content (AvgIpc) is 3.25. The van der Waals surface area contributed by atoms with Gasteiger partial charge in [-0.2, -0.15) is 0 Å². The number of hydrogen-bond donors (Lipinski definition) is 1. The van der Waals surface area contributed by atoms with Gasteiger partial charge in [-0.1, -0.05) is 0 Å². The number of thiophene rings is 1. The molecule has 9 heteroatoms. The highest BCUT2D eigenvalue weighted by Gasteiger charge is 2.28. The molecule has 7 nitrogen and oxygen atoms in total. The molecule has 0 bridgehead atoms. The number of methoxy groups -OCH3 is 1. The Bertz CT molecular complexity index is 1120. The summed E-state index contributed by atoms with van der Waals surface area (Å²) in [6.45, 7) is 0. The topological polar surface area (TPSA) is 78.9 Å². The Balaban J connectivity index is 1.84. The first-order valence-corrected chi connectivity index (χ1v) is 11.3. The number of rotatable bonds is 7. The summed E-state index contributed by atoms with van der Waals surface area (Å²) in [6, 6.07) is 15.4. The van der Waals surface area contributed by atoms with Gasteiger partial charge in [-0.3, -0.25) is 9.10 Å². The quantitative estimate of drug-likeness (QED) is 0.597. The molecule has 2 aromatic carbocycles. The molecular formula is C21H23N3O4S2. The second-order valence-corrected chi connectivity index (χ2v) is 9.53.